The predicted octanol–water partition coefficient (Wildman–Crippen LogP) is 4.70. The molecular weight excluding hydrogens is 518 g/mol. The monoisotopic (exact) mass is 559 g/mol. The minimum atomic E-state index is -3.79. The molecular formula is C29H41N3O6S. The van der Waals surface area contributed by atoms with Gasteiger partial charge in [0.25, 0.3) is 10.1 Å². The molecule has 2 aromatic rings. The number of amides is 1. The normalized spacial score (nSPS) is 12.7. The summed E-state index contributed by atoms with van der Waals surface area (Å²) in [5.41, 5.74) is 2.03. The van der Waals surface area contributed by atoms with Gasteiger partial charge in [-0.05, 0) is 83.0 Å². The molecule has 0 saturated heterocycles. The molecule has 1 aromatic heterocycles. The van der Waals surface area contributed by atoms with E-state index >= 15 is 0 Å². The zero-order valence-corrected chi connectivity index (χ0v) is 24.4. The van der Waals surface area contributed by atoms with E-state index < -0.39 is 15.7 Å². The highest BCUT2D eigenvalue weighted by Gasteiger charge is 2.11. The van der Waals surface area contributed by atoms with Gasteiger partial charge in [-0.15, -0.1) is 0 Å². The highest BCUT2D eigenvalue weighted by Crippen LogP contribution is 2.22. The average molecular weight is 560 g/mol. The summed E-state index contributed by atoms with van der Waals surface area (Å²) in [6, 6.07) is 7.59. The molecule has 2 N–H and O–H groups in total. The summed E-state index contributed by atoms with van der Waals surface area (Å²) < 4.78 is 34.1. The summed E-state index contributed by atoms with van der Waals surface area (Å²) >= 11 is 0. The fourth-order valence-electron chi connectivity index (χ4n) is 3.90. The van der Waals surface area contributed by atoms with E-state index in [-0.39, 0.29) is 10.8 Å². The summed E-state index contributed by atoms with van der Waals surface area (Å²) in [5.74, 6) is 0.0486. The van der Waals surface area contributed by atoms with E-state index in [9.17, 15) is 18.0 Å². The minimum Gasteiger partial charge on any atom is -0.422 e. The second kappa shape index (κ2) is 15.9. The molecule has 39 heavy (non-hydrogen) atoms. The molecule has 0 aliphatic carbocycles. The van der Waals surface area contributed by atoms with Gasteiger partial charge in [-0.25, -0.2) is 4.79 Å². The summed E-state index contributed by atoms with van der Waals surface area (Å²) in [5, 5.41) is 6.86. The van der Waals surface area contributed by atoms with Crippen molar-refractivity contribution in [2.75, 3.05) is 38.2 Å². The molecule has 1 heterocycles. The number of hydrogen-bond acceptors (Lipinski definition) is 8. The van der Waals surface area contributed by atoms with Crippen LogP contribution in [0.5, 0.6) is 0 Å². The maximum Gasteiger partial charge on any atom is 0.343 e. The van der Waals surface area contributed by atoms with E-state index in [2.05, 4.69) is 33.6 Å². The van der Waals surface area contributed by atoms with E-state index in [4.69, 9.17) is 4.42 Å². The van der Waals surface area contributed by atoms with Crippen molar-refractivity contribution >= 4 is 38.8 Å². The van der Waals surface area contributed by atoms with Gasteiger partial charge >= 0.3 is 5.63 Å². The highest BCUT2D eigenvalue weighted by molar-refractivity contribution is 7.90. The molecule has 0 unspecified atom stereocenters. The van der Waals surface area contributed by atoms with Gasteiger partial charge < -0.3 is 20.0 Å². The first-order valence-corrected chi connectivity index (χ1v) is 14.8. The van der Waals surface area contributed by atoms with Crippen molar-refractivity contribution in [2.45, 2.75) is 53.4 Å². The number of benzene rings is 1. The molecule has 0 spiro atoms. The van der Waals surface area contributed by atoms with Crippen LogP contribution in [0.2, 0.25) is 0 Å². The Balaban J connectivity index is 2.22. The Kier molecular flexibility index (Phi) is 13.0. The van der Waals surface area contributed by atoms with Gasteiger partial charge in [0.2, 0.25) is 5.91 Å². The molecule has 2 rings (SSSR count). The Morgan fingerprint density at radius 3 is 2.46 bits per heavy atom. The highest BCUT2D eigenvalue weighted by atomic mass is 32.2. The van der Waals surface area contributed by atoms with E-state index in [1.807, 2.05) is 25.1 Å². The largest absolute Gasteiger partial charge is 0.422 e. The Morgan fingerprint density at radius 2 is 1.79 bits per heavy atom. The van der Waals surface area contributed by atoms with Gasteiger partial charge in [-0.1, -0.05) is 6.42 Å². The quantitative estimate of drug-likeness (QED) is 0.132. The Labute approximate surface area is 231 Å². The maximum atomic E-state index is 12.7. The first-order chi connectivity index (χ1) is 18.6. The van der Waals surface area contributed by atoms with Crippen LogP contribution >= 0.6 is 0 Å². The standard InChI is InChI=1S/C29H41N3O6S/c1-6-30-28(33)12-10-9-11-19-31-25(16-13-22(4)39(35,36)37-5)17-14-24-20-23-15-18-26(32(7-2)8-3)21-27(23)38-29(24)34/h13-18,20-21,31H,6-12,19H2,1-5H3,(H,30,33)/b17-14+,22-13+,25-16-. The van der Waals surface area contributed by atoms with Crippen LogP contribution in [0.15, 0.2) is 62.3 Å². The minimum absolute atomic E-state index is 0.0486. The second-order valence-electron chi connectivity index (χ2n) is 8.93. The van der Waals surface area contributed by atoms with Crippen LogP contribution in [0, 0.1) is 0 Å². The fourth-order valence-corrected chi connectivity index (χ4v) is 4.40. The molecule has 1 amide bonds. The third-order valence-electron chi connectivity index (χ3n) is 6.21. The summed E-state index contributed by atoms with van der Waals surface area (Å²) in [4.78, 5) is 26.5. The van der Waals surface area contributed by atoms with E-state index in [1.165, 1.54) is 13.0 Å². The number of allylic oxidation sites excluding steroid dienone is 4. The van der Waals surface area contributed by atoms with Crippen LogP contribution in [-0.2, 0) is 19.1 Å². The lowest BCUT2D eigenvalue weighted by atomic mass is 10.1. The molecule has 0 saturated carbocycles. The molecule has 10 heteroatoms. The number of nitrogens with zero attached hydrogens (tertiary/aromatic N) is 1. The number of carbonyl (C=O) groups excluding carboxylic acids is 1. The van der Waals surface area contributed by atoms with Crippen LogP contribution in [0.25, 0.3) is 17.0 Å². The molecule has 0 bridgehead atoms. The van der Waals surface area contributed by atoms with E-state index in [1.54, 1.807) is 24.3 Å². The third kappa shape index (κ3) is 10.0. The smallest absolute Gasteiger partial charge is 0.343 e. The average Bonchev–Trinajstić information content (AvgIpc) is 2.92. The van der Waals surface area contributed by atoms with Crippen molar-refractivity contribution in [1.29, 1.82) is 0 Å². The first-order valence-electron chi connectivity index (χ1n) is 13.4. The van der Waals surface area contributed by atoms with Gasteiger partial charge in [-0.3, -0.25) is 8.98 Å². The number of hydrogen-bond donors (Lipinski definition) is 2. The lowest BCUT2D eigenvalue weighted by Gasteiger charge is -2.20. The van der Waals surface area contributed by atoms with Gasteiger partial charge in [0.15, 0.2) is 0 Å². The lowest BCUT2D eigenvalue weighted by molar-refractivity contribution is -0.121. The molecule has 214 valence electrons. The zero-order chi connectivity index (χ0) is 28.8. The molecule has 1 aromatic carbocycles. The molecule has 0 atom stereocenters. The van der Waals surface area contributed by atoms with Crippen molar-refractivity contribution in [3.05, 3.63) is 69.1 Å². The summed E-state index contributed by atoms with van der Waals surface area (Å²) in [6.07, 6.45) is 9.36. The van der Waals surface area contributed by atoms with Gasteiger partial charge in [-0.2, -0.15) is 8.42 Å². The van der Waals surface area contributed by atoms with Crippen LogP contribution in [0.3, 0.4) is 0 Å². The molecule has 0 fully saturated rings. The molecule has 9 nitrogen and oxygen atoms in total. The van der Waals surface area contributed by atoms with Crippen LogP contribution < -0.4 is 21.2 Å². The first kappa shape index (κ1) is 31.8. The van der Waals surface area contributed by atoms with Gasteiger partial charge in [0.05, 0.1) is 17.6 Å². The number of anilines is 1. The molecule has 0 aliphatic heterocycles. The fraction of sp³-hybridized carbons (Fsp3) is 0.448. The van der Waals surface area contributed by atoms with Gasteiger partial charge in [0, 0.05) is 55.4 Å². The molecule has 0 aliphatic rings. The number of carbonyl (C=O) groups is 1. The Bertz CT molecular complexity index is 1350. The zero-order valence-electron chi connectivity index (χ0n) is 23.6. The van der Waals surface area contributed by atoms with Crippen LogP contribution in [-0.4, -0.2) is 47.6 Å². The van der Waals surface area contributed by atoms with Crippen LogP contribution in [0.4, 0.5) is 5.69 Å². The Hall–Kier alpha value is -3.37. The van der Waals surface area contributed by atoms with Crippen LogP contribution in [0.1, 0.15) is 58.9 Å². The number of unbranched alkanes of at least 4 members (excludes halogenated alkanes) is 2. The van der Waals surface area contributed by atoms with Crippen molar-refractivity contribution in [1.82, 2.24) is 10.6 Å². The van der Waals surface area contributed by atoms with Crippen molar-refractivity contribution in [3.63, 3.8) is 0 Å². The number of fused-ring (bicyclic) bond motifs is 1. The second-order valence-corrected chi connectivity index (χ2v) is 10.8. The summed E-state index contributed by atoms with van der Waals surface area (Å²) in [7, 11) is -2.68. The van der Waals surface area contributed by atoms with Crippen molar-refractivity contribution in [3.8, 4) is 0 Å². The van der Waals surface area contributed by atoms with Gasteiger partial charge in [0.1, 0.15) is 5.58 Å². The van der Waals surface area contributed by atoms with E-state index in [0.29, 0.717) is 36.4 Å². The predicted molar refractivity (Wildman–Crippen MR) is 158 cm³/mol. The molecule has 0 radical (unpaired) electrons. The maximum absolute atomic E-state index is 12.7. The number of rotatable bonds is 16. The summed E-state index contributed by atoms with van der Waals surface area (Å²) in [6.45, 7) is 10.4. The van der Waals surface area contributed by atoms with E-state index in [0.717, 1.165) is 50.5 Å². The number of nitrogens with one attached hydrogen (secondary N) is 2. The third-order valence-corrected chi connectivity index (χ3v) is 7.58. The Morgan fingerprint density at radius 1 is 1.05 bits per heavy atom. The topological polar surface area (TPSA) is 118 Å². The van der Waals surface area contributed by atoms with Crippen molar-refractivity contribution < 1.29 is 21.8 Å². The lowest BCUT2D eigenvalue weighted by Crippen LogP contribution is -2.22. The van der Waals surface area contributed by atoms with Crippen molar-refractivity contribution in [2.24, 2.45) is 0 Å². The SMILES string of the molecule is CCNC(=O)CCCCCNC(=C\C=C(/C)S(=O)(=O)OC)/C=C/c1cc2ccc(N(CC)CC)cc2oc1=O.